The van der Waals surface area contributed by atoms with Gasteiger partial charge in [0.2, 0.25) is 17.7 Å². The number of rotatable bonds is 18. The number of urea groups is 1. The van der Waals surface area contributed by atoms with Crippen LogP contribution in [0, 0.1) is 5.92 Å². The molecule has 12 heteroatoms. The summed E-state index contributed by atoms with van der Waals surface area (Å²) < 4.78 is 4.96. The maximum absolute atomic E-state index is 13.2. The van der Waals surface area contributed by atoms with Gasteiger partial charge in [-0.3, -0.25) is 24.0 Å². The lowest BCUT2D eigenvalue weighted by Crippen LogP contribution is -2.54. The first-order valence-corrected chi connectivity index (χ1v) is 13.6. The SMILES string of the molecule is CCC(=O)CCCCC(=O)N[C@H](C(=O)N[C@@H](CCCNC(N)=O)C(=O)Nc1ccc(COC(C)=O)cc1)C(C)C. The fraction of sp³-hybridized carbons (Fsp3) is 0.571. The number of amides is 5. The molecule has 0 aromatic heterocycles. The van der Waals surface area contributed by atoms with Crippen LogP contribution in [0.25, 0.3) is 0 Å². The molecule has 40 heavy (non-hydrogen) atoms. The fourth-order valence-electron chi connectivity index (χ4n) is 3.71. The molecule has 0 radical (unpaired) electrons. The summed E-state index contributed by atoms with van der Waals surface area (Å²) in [4.78, 5) is 72.2. The number of nitrogens with two attached hydrogens (primary N) is 1. The standard InChI is InChI=1S/C28H43N5O7/c1-5-22(35)9-6-7-11-24(36)33-25(18(2)3)27(38)32-23(10-8-16-30-28(29)39)26(37)31-21-14-12-20(13-15-21)17-40-19(4)34/h12-15,18,23,25H,5-11,16-17H2,1-4H3,(H,31,37)(H,32,38)(H,33,36)(H3,29,30,39)/t23-,25-/m0/s1. The number of hydrogen-bond acceptors (Lipinski definition) is 7. The van der Waals surface area contributed by atoms with E-state index in [1.54, 1.807) is 45.0 Å². The zero-order chi connectivity index (χ0) is 30.1. The molecule has 12 nitrogen and oxygen atoms in total. The van der Waals surface area contributed by atoms with Gasteiger partial charge in [-0.25, -0.2) is 4.79 Å². The quantitative estimate of drug-likeness (QED) is 0.134. The second-order valence-electron chi connectivity index (χ2n) is 9.85. The zero-order valence-electron chi connectivity index (χ0n) is 23.8. The second-order valence-corrected chi connectivity index (χ2v) is 9.85. The monoisotopic (exact) mass is 561 g/mol. The summed E-state index contributed by atoms with van der Waals surface area (Å²) in [6.07, 6.45) is 2.77. The molecule has 0 unspecified atom stereocenters. The van der Waals surface area contributed by atoms with Crippen LogP contribution in [0.2, 0.25) is 0 Å². The molecule has 1 aromatic rings. The highest BCUT2D eigenvalue weighted by atomic mass is 16.5. The van der Waals surface area contributed by atoms with E-state index in [1.165, 1.54) is 6.92 Å². The molecule has 0 aliphatic heterocycles. The number of esters is 1. The number of nitrogens with one attached hydrogen (secondary N) is 4. The van der Waals surface area contributed by atoms with Crippen LogP contribution in [0.1, 0.15) is 78.2 Å². The molecule has 6 N–H and O–H groups in total. The van der Waals surface area contributed by atoms with Gasteiger partial charge in [0.25, 0.3) is 0 Å². The van der Waals surface area contributed by atoms with Crippen molar-refractivity contribution in [2.24, 2.45) is 11.7 Å². The highest BCUT2D eigenvalue weighted by Crippen LogP contribution is 2.13. The van der Waals surface area contributed by atoms with E-state index < -0.39 is 35.9 Å². The van der Waals surface area contributed by atoms with Crippen LogP contribution in [0.5, 0.6) is 0 Å². The van der Waals surface area contributed by atoms with Crippen molar-refractivity contribution in [1.82, 2.24) is 16.0 Å². The number of hydrogen-bond donors (Lipinski definition) is 5. The van der Waals surface area contributed by atoms with E-state index in [4.69, 9.17) is 10.5 Å². The first-order chi connectivity index (χ1) is 18.9. The second kappa shape index (κ2) is 18.3. The van der Waals surface area contributed by atoms with Crippen molar-refractivity contribution < 1.29 is 33.5 Å². The number of anilines is 1. The van der Waals surface area contributed by atoms with E-state index in [2.05, 4.69) is 21.3 Å². The topological polar surface area (TPSA) is 186 Å². The Kier molecular flexibility index (Phi) is 15.6. The number of Topliss-reactive ketones (excluding diaryl/α,β-unsaturated/α-hetero) is 1. The van der Waals surface area contributed by atoms with Gasteiger partial charge in [0, 0.05) is 38.4 Å². The molecular weight excluding hydrogens is 518 g/mol. The average molecular weight is 562 g/mol. The van der Waals surface area contributed by atoms with Crippen molar-refractivity contribution in [3.63, 3.8) is 0 Å². The van der Waals surface area contributed by atoms with Gasteiger partial charge >= 0.3 is 12.0 Å². The summed E-state index contributed by atoms with van der Waals surface area (Å²) in [5.74, 6) is -1.80. The third-order valence-electron chi connectivity index (χ3n) is 6.03. The molecule has 1 rings (SSSR count). The maximum Gasteiger partial charge on any atom is 0.312 e. The smallest absolute Gasteiger partial charge is 0.312 e. The third kappa shape index (κ3) is 14.3. The van der Waals surface area contributed by atoms with Gasteiger partial charge < -0.3 is 31.7 Å². The summed E-state index contributed by atoms with van der Waals surface area (Å²) in [6, 6.07) is 4.17. The van der Waals surface area contributed by atoms with Gasteiger partial charge in [-0.2, -0.15) is 0 Å². The van der Waals surface area contributed by atoms with Crippen LogP contribution in [0.15, 0.2) is 24.3 Å². The first-order valence-electron chi connectivity index (χ1n) is 13.6. The van der Waals surface area contributed by atoms with Crippen LogP contribution in [-0.4, -0.2) is 54.1 Å². The Bertz CT molecular complexity index is 1010. The van der Waals surface area contributed by atoms with Crippen molar-refractivity contribution in [3.05, 3.63) is 29.8 Å². The molecule has 5 amide bonds. The Labute approximate surface area is 235 Å². The third-order valence-corrected chi connectivity index (χ3v) is 6.03. The summed E-state index contributed by atoms with van der Waals surface area (Å²) in [5.41, 5.74) is 6.32. The van der Waals surface area contributed by atoms with E-state index in [-0.39, 0.29) is 43.6 Å². The number of benzene rings is 1. The van der Waals surface area contributed by atoms with Crippen molar-refractivity contribution in [3.8, 4) is 0 Å². The molecule has 0 fully saturated rings. The van der Waals surface area contributed by atoms with E-state index in [0.717, 1.165) is 5.56 Å². The van der Waals surface area contributed by atoms with Crippen LogP contribution in [0.4, 0.5) is 10.5 Å². The molecule has 0 saturated heterocycles. The number of ether oxygens (including phenoxy) is 1. The van der Waals surface area contributed by atoms with E-state index in [0.29, 0.717) is 37.8 Å². The molecule has 222 valence electrons. The van der Waals surface area contributed by atoms with Crippen LogP contribution in [0.3, 0.4) is 0 Å². The Balaban J connectivity index is 2.84. The predicted octanol–water partition coefficient (Wildman–Crippen LogP) is 2.30. The minimum atomic E-state index is -0.957. The molecule has 0 aliphatic rings. The van der Waals surface area contributed by atoms with Crippen LogP contribution in [-0.2, 0) is 35.3 Å². The van der Waals surface area contributed by atoms with E-state index in [9.17, 15) is 28.8 Å². The Hall–Kier alpha value is -3.96. The number of primary amides is 1. The predicted molar refractivity (Wildman–Crippen MR) is 150 cm³/mol. The summed E-state index contributed by atoms with van der Waals surface area (Å²) in [7, 11) is 0. The molecule has 2 atom stereocenters. The lowest BCUT2D eigenvalue weighted by molar-refractivity contribution is -0.142. The average Bonchev–Trinajstić information content (AvgIpc) is 2.90. The van der Waals surface area contributed by atoms with Crippen molar-refractivity contribution >= 4 is 41.2 Å². The van der Waals surface area contributed by atoms with Gasteiger partial charge in [-0.1, -0.05) is 32.9 Å². The van der Waals surface area contributed by atoms with Gasteiger partial charge in [0.15, 0.2) is 0 Å². The van der Waals surface area contributed by atoms with Gasteiger partial charge in [-0.15, -0.1) is 0 Å². The summed E-state index contributed by atoms with van der Waals surface area (Å²) in [6.45, 7) is 7.00. The van der Waals surface area contributed by atoms with Gasteiger partial charge in [0.1, 0.15) is 24.5 Å². The zero-order valence-corrected chi connectivity index (χ0v) is 23.8. The molecule has 0 saturated carbocycles. The van der Waals surface area contributed by atoms with Crippen molar-refractivity contribution in [1.29, 1.82) is 0 Å². The van der Waals surface area contributed by atoms with Crippen LogP contribution < -0.4 is 27.0 Å². The Morgan fingerprint density at radius 3 is 2.12 bits per heavy atom. The molecule has 0 aliphatic carbocycles. The number of ketones is 1. The lowest BCUT2D eigenvalue weighted by atomic mass is 10.0. The van der Waals surface area contributed by atoms with Crippen molar-refractivity contribution in [2.75, 3.05) is 11.9 Å². The van der Waals surface area contributed by atoms with E-state index in [1.807, 2.05) is 0 Å². The minimum Gasteiger partial charge on any atom is -0.461 e. The largest absolute Gasteiger partial charge is 0.461 e. The lowest BCUT2D eigenvalue weighted by Gasteiger charge is -2.25. The highest BCUT2D eigenvalue weighted by molar-refractivity contribution is 5.98. The molecule has 1 aromatic carbocycles. The van der Waals surface area contributed by atoms with Gasteiger partial charge in [-0.05, 0) is 49.3 Å². The molecule has 0 heterocycles. The molecule has 0 bridgehead atoms. The van der Waals surface area contributed by atoms with Gasteiger partial charge in [0.05, 0.1) is 0 Å². The van der Waals surface area contributed by atoms with Crippen molar-refractivity contribution in [2.45, 2.75) is 91.3 Å². The number of carbonyl (C=O) groups is 6. The maximum atomic E-state index is 13.2. The number of unbranched alkanes of at least 4 members (excludes halogenated alkanes) is 1. The highest BCUT2D eigenvalue weighted by Gasteiger charge is 2.28. The minimum absolute atomic E-state index is 0.105. The van der Waals surface area contributed by atoms with Crippen LogP contribution >= 0.6 is 0 Å². The summed E-state index contributed by atoms with van der Waals surface area (Å²) >= 11 is 0. The fourth-order valence-corrected chi connectivity index (χ4v) is 3.71. The molecule has 0 spiro atoms. The van der Waals surface area contributed by atoms with E-state index >= 15 is 0 Å². The molecular formula is C28H43N5O7. The Morgan fingerprint density at radius 2 is 1.55 bits per heavy atom. The normalized spacial score (nSPS) is 12.1. The first kappa shape index (κ1) is 34.1. The number of carbonyl (C=O) groups excluding carboxylic acids is 6. The summed E-state index contributed by atoms with van der Waals surface area (Å²) in [5, 5.41) is 10.7. The Morgan fingerprint density at radius 1 is 0.900 bits per heavy atom.